The van der Waals surface area contributed by atoms with E-state index in [1.54, 1.807) is 6.07 Å². The summed E-state index contributed by atoms with van der Waals surface area (Å²) in [6.45, 7) is 1.43. The van der Waals surface area contributed by atoms with Crippen LogP contribution in [0.4, 0.5) is 5.69 Å². The predicted octanol–water partition coefficient (Wildman–Crippen LogP) is 1.33. The average Bonchev–Trinajstić information content (AvgIpc) is 2.24. The van der Waals surface area contributed by atoms with Gasteiger partial charge in [0, 0.05) is 18.1 Å². The van der Waals surface area contributed by atoms with Gasteiger partial charge in [-0.2, -0.15) is 0 Å². The molecule has 1 amide bonds. The Labute approximate surface area is 104 Å². The van der Waals surface area contributed by atoms with Gasteiger partial charge in [0.1, 0.15) is 0 Å². The zero-order valence-corrected chi connectivity index (χ0v) is 10.8. The van der Waals surface area contributed by atoms with Crippen molar-refractivity contribution < 1.29 is 4.79 Å². The first-order chi connectivity index (χ1) is 7.57. The third-order valence-electron chi connectivity index (χ3n) is 2.35. The smallest absolute Gasteiger partial charge is 0.251 e. The van der Waals surface area contributed by atoms with Crippen molar-refractivity contribution >= 4 is 27.5 Å². The topological polar surface area (TPSA) is 72.3 Å². The molecule has 0 radical (unpaired) electrons. The van der Waals surface area contributed by atoms with Crippen LogP contribution in [0, 0.1) is 0 Å². The molecule has 5 heteroatoms. The van der Waals surface area contributed by atoms with E-state index >= 15 is 0 Å². The van der Waals surface area contributed by atoms with Crippen LogP contribution >= 0.6 is 15.9 Å². The van der Waals surface area contributed by atoms with Crippen molar-refractivity contribution in [2.24, 2.45) is 11.5 Å². The van der Waals surface area contributed by atoms with E-state index in [1.807, 2.05) is 24.1 Å². The molecule has 0 aliphatic carbocycles. The normalized spacial score (nSPS) is 10.2. The number of carbonyl (C=O) groups is 1. The van der Waals surface area contributed by atoms with Gasteiger partial charge in [0.2, 0.25) is 0 Å². The fourth-order valence-corrected chi connectivity index (χ4v) is 2.07. The van der Waals surface area contributed by atoms with Gasteiger partial charge < -0.3 is 16.4 Å². The van der Waals surface area contributed by atoms with Crippen LogP contribution in [0.3, 0.4) is 0 Å². The van der Waals surface area contributed by atoms with E-state index < -0.39 is 5.91 Å². The van der Waals surface area contributed by atoms with Crippen molar-refractivity contribution in [1.82, 2.24) is 0 Å². The number of anilines is 1. The number of halogens is 1. The molecular formula is C11H16BrN3O. The fourth-order valence-electron chi connectivity index (χ4n) is 1.52. The molecule has 1 rings (SSSR count). The lowest BCUT2D eigenvalue weighted by Gasteiger charge is -2.21. The van der Waals surface area contributed by atoms with Gasteiger partial charge in [-0.3, -0.25) is 4.79 Å². The number of hydrogen-bond donors (Lipinski definition) is 2. The minimum Gasteiger partial charge on any atom is -0.374 e. The Morgan fingerprint density at radius 3 is 2.75 bits per heavy atom. The number of rotatable bonds is 5. The highest BCUT2D eigenvalue weighted by atomic mass is 79.9. The predicted molar refractivity (Wildman–Crippen MR) is 69.6 cm³/mol. The number of nitrogens with zero attached hydrogens (tertiary/aromatic N) is 1. The minimum absolute atomic E-state index is 0.429. The lowest BCUT2D eigenvalue weighted by molar-refractivity contribution is 0.1000. The molecule has 0 saturated heterocycles. The number of benzene rings is 1. The van der Waals surface area contributed by atoms with Gasteiger partial charge in [-0.05, 0) is 41.0 Å². The monoisotopic (exact) mass is 285 g/mol. The number of nitrogens with two attached hydrogens (primary N) is 2. The third-order valence-corrected chi connectivity index (χ3v) is 3.01. The Balaban J connectivity index is 3.02. The summed E-state index contributed by atoms with van der Waals surface area (Å²) in [5, 5.41) is 0. The maximum absolute atomic E-state index is 11.4. The van der Waals surface area contributed by atoms with Crippen LogP contribution in [0.1, 0.15) is 16.8 Å². The molecule has 0 heterocycles. The molecule has 1 aromatic carbocycles. The first-order valence-corrected chi connectivity index (χ1v) is 5.86. The second-order valence-corrected chi connectivity index (χ2v) is 4.42. The average molecular weight is 286 g/mol. The minimum atomic E-state index is -0.429. The van der Waals surface area contributed by atoms with E-state index in [0.717, 1.165) is 23.1 Å². The van der Waals surface area contributed by atoms with Crippen LogP contribution in [0.5, 0.6) is 0 Å². The number of amides is 1. The molecule has 0 atom stereocenters. The van der Waals surface area contributed by atoms with Crippen molar-refractivity contribution in [1.29, 1.82) is 0 Å². The van der Waals surface area contributed by atoms with E-state index in [4.69, 9.17) is 11.5 Å². The van der Waals surface area contributed by atoms with Crippen LogP contribution in [0.2, 0.25) is 0 Å². The first kappa shape index (κ1) is 13.0. The molecule has 0 spiro atoms. The number of primary amides is 1. The number of carbonyl (C=O) groups excluding carboxylic acids is 1. The maximum Gasteiger partial charge on any atom is 0.251 e. The van der Waals surface area contributed by atoms with E-state index in [1.165, 1.54) is 0 Å². The molecule has 88 valence electrons. The van der Waals surface area contributed by atoms with E-state index in [2.05, 4.69) is 15.9 Å². The standard InChI is InChI=1S/C11H16BrN3O/c1-15(7-3-6-13)9-5-2-4-8(12)10(9)11(14)16/h2,4-5H,3,6-7,13H2,1H3,(H2,14,16). The molecule has 0 aromatic heterocycles. The first-order valence-electron chi connectivity index (χ1n) is 5.07. The molecular weight excluding hydrogens is 270 g/mol. The summed E-state index contributed by atoms with van der Waals surface area (Å²) in [6, 6.07) is 5.56. The Kier molecular flexibility index (Phi) is 4.76. The van der Waals surface area contributed by atoms with Gasteiger partial charge in [0.25, 0.3) is 5.91 Å². The van der Waals surface area contributed by atoms with Crippen molar-refractivity contribution in [3.63, 3.8) is 0 Å². The SMILES string of the molecule is CN(CCCN)c1cccc(Br)c1C(N)=O. The summed E-state index contributed by atoms with van der Waals surface area (Å²) in [7, 11) is 1.92. The highest BCUT2D eigenvalue weighted by molar-refractivity contribution is 9.10. The third kappa shape index (κ3) is 2.96. The molecule has 4 N–H and O–H groups in total. The van der Waals surface area contributed by atoms with Gasteiger partial charge in [0.05, 0.1) is 11.3 Å². The van der Waals surface area contributed by atoms with Gasteiger partial charge in [0.15, 0.2) is 0 Å². The lowest BCUT2D eigenvalue weighted by Crippen LogP contribution is -2.25. The van der Waals surface area contributed by atoms with E-state index in [-0.39, 0.29) is 0 Å². The molecule has 0 bridgehead atoms. The Bertz CT molecular complexity index is 381. The molecule has 0 saturated carbocycles. The van der Waals surface area contributed by atoms with Gasteiger partial charge in [-0.1, -0.05) is 6.07 Å². The van der Waals surface area contributed by atoms with Crippen molar-refractivity contribution in [3.8, 4) is 0 Å². The van der Waals surface area contributed by atoms with Crippen molar-refractivity contribution in [2.45, 2.75) is 6.42 Å². The van der Waals surface area contributed by atoms with E-state index in [9.17, 15) is 4.79 Å². The zero-order valence-electron chi connectivity index (χ0n) is 9.24. The molecule has 0 fully saturated rings. The Morgan fingerprint density at radius 1 is 1.50 bits per heavy atom. The van der Waals surface area contributed by atoms with Crippen LogP contribution in [0.15, 0.2) is 22.7 Å². The molecule has 16 heavy (non-hydrogen) atoms. The molecule has 0 aliphatic heterocycles. The molecule has 0 aliphatic rings. The Hall–Kier alpha value is -1.07. The lowest BCUT2D eigenvalue weighted by atomic mass is 10.1. The summed E-state index contributed by atoms with van der Waals surface area (Å²) in [5.74, 6) is -0.429. The zero-order chi connectivity index (χ0) is 12.1. The van der Waals surface area contributed by atoms with Gasteiger partial charge >= 0.3 is 0 Å². The van der Waals surface area contributed by atoms with Gasteiger partial charge in [-0.15, -0.1) is 0 Å². The quantitative estimate of drug-likeness (QED) is 0.857. The summed E-state index contributed by atoms with van der Waals surface area (Å²) >= 11 is 3.33. The second kappa shape index (κ2) is 5.86. The van der Waals surface area contributed by atoms with Crippen LogP contribution in [-0.2, 0) is 0 Å². The van der Waals surface area contributed by atoms with Crippen molar-refractivity contribution in [3.05, 3.63) is 28.2 Å². The Morgan fingerprint density at radius 2 is 2.19 bits per heavy atom. The number of hydrogen-bond acceptors (Lipinski definition) is 3. The van der Waals surface area contributed by atoms with Crippen LogP contribution < -0.4 is 16.4 Å². The highest BCUT2D eigenvalue weighted by Crippen LogP contribution is 2.26. The summed E-state index contributed by atoms with van der Waals surface area (Å²) < 4.78 is 0.720. The molecule has 0 unspecified atom stereocenters. The van der Waals surface area contributed by atoms with Crippen LogP contribution in [-0.4, -0.2) is 26.0 Å². The van der Waals surface area contributed by atoms with E-state index in [0.29, 0.717) is 12.1 Å². The van der Waals surface area contributed by atoms with Gasteiger partial charge in [-0.25, -0.2) is 0 Å². The largest absolute Gasteiger partial charge is 0.374 e. The molecule has 4 nitrogen and oxygen atoms in total. The highest BCUT2D eigenvalue weighted by Gasteiger charge is 2.14. The fraction of sp³-hybridized carbons (Fsp3) is 0.364. The van der Waals surface area contributed by atoms with Crippen LogP contribution in [0.25, 0.3) is 0 Å². The summed E-state index contributed by atoms with van der Waals surface area (Å²) in [4.78, 5) is 13.3. The summed E-state index contributed by atoms with van der Waals surface area (Å²) in [5.41, 5.74) is 12.2. The molecule has 1 aromatic rings. The maximum atomic E-state index is 11.4. The summed E-state index contributed by atoms with van der Waals surface area (Å²) in [6.07, 6.45) is 0.876. The van der Waals surface area contributed by atoms with Crippen molar-refractivity contribution in [2.75, 3.05) is 25.0 Å². The second-order valence-electron chi connectivity index (χ2n) is 3.56.